The number of hydrogen-bond acceptors (Lipinski definition) is 5. The fourth-order valence-corrected chi connectivity index (χ4v) is 11.6. The predicted molar refractivity (Wildman–Crippen MR) is 352 cm³/mol. The Labute approximate surface area is 501 Å². The number of allylic oxidation sites excluding steroid dienone is 4. The van der Waals surface area contributed by atoms with E-state index < -0.39 is 12.1 Å². The van der Waals surface area contributed by atoms with E-state index in [4.69, 9.17) is 4.74 Å². The van der Waals surface area contributed by atoms with Crippen molar-refractivity contribution in [3.05, 3.63) is 24.3 Å². The highest BCUT2D eigenvalue weighted by atomic mass is 16.5. The first-order chi connectivity index (χ1) is 39.5. The maximum absolute atomic E-state index is 12.6. The van der Waals surface area contributed by atoms with Crippen molar-refractivity contribution in [2.45, 2.75) is 424 Å². The van der Waals surface area contributed by atoms with Gasteiger partial charge in [0.25, 0.3) is 0 Å². The van der Waals surface area contributed by atoms with Crippen LogP contribution in [-0.4, -0.2) is 47.4 Å². The highest BCUT2D eigenvalue weighted by molar-refractivity contribution is 5.76. The third-order valence-corrected chi connectivity index (χ3v) is 17.2. The summed E-state index contributed by atoms with van der Waals surface area (Å²) >= 11 is 0. The van der Waals surface area contributed by atoms with Gasteiger partial charge in [0.2, 0.25) is 5.91 Å². The molecule has 474 valence electrons. The average Bonchev–Trinajstić information content (AvgIpc) is 3.46. The van der Waals surface area contributed by atoms with Gasteiger partial charge in [-0.1, -0.05) is 353 Å². The fourth-order valence-electron chi connectivity index (χ4n) is 11.6. The van der Waals surface area contributed by atoms with E-state index in [1.54, 1.807) is 0 Å². The molecule has 0 aliphatic heterocycles. The molecule has 0 spiro atoms. The van der Waals surface area contributed by atoms with Gasteiger partial charge in [-0.05, 0) is 70.6 Å². The van der Waals surface area contributed by atoms with Crippen molar-refractivity contribution >= 4 is 11.9 Å². The highest BCUT2D eigenvalue weighted by Crippen LogP contribution is 2.19. The topological polar surface area (TPSA) is 95.9 Å². The molecule has 80 heavy (non-hydrogen) atoms. The third-order valence-electron chi connectivity index (χ3n) is 17.2. The number of nitrogens with one attached hydrogen (secondary N) is 1. The van der Waals surface area contributed by atoms with Crippen molar-refractivity contribution in [3.63, 3.8) is 0 Å². The van der Waals surface area contributed by atoms with Crippen molar-refractivity contribution < 1.29 is 24.5 Å². The van der Waals surface area contributed by atoms with Crippen LogP contribution in [0.5, 0.6) is 0 Å². The minimum absolute atomic E-state index is 0.00608. The van der Waals surface area contributed by atoms with Crippen LogP contribution in [0.15, 0.2) is 24.3 Å². The summed E-state index contributed by atoms with van der Waals surface area (Å²) < 4.78 is 5.47. The van der Waals surface area contributed by atoms with Gasteiger partial charge in [-0.25, -0.2) is 0 Å². The number of hydrogen-bond donors (Lipinski definition) is 3. The molecule has 0 aromatic carbocycles. The van der Waals surface area contributed by atoms with Crippen molar-refractivity contribution in [2.24, 2.45) is 0 Å². The van der Waals surface area contributed by atoms with Gasteiger partial charge in [0, 0.05) is 12.8 Å². The lowest BCUT2D eigenvalue weighted by molar-refractivity contribution is -0.143. The molecule has 2 unspecified atom stereocenters. The van der Waals surface area contributed by atoms with Crippen molar-refractivity contribution in [1.82, 2.24) is 5.32 Å². The molecule has 0 aliphatic carbocycles. The predicted octanol–water partition coefficient (Wildman–Crippen LogP) is 23.7. The lowest BCUT2D eigenvalue weighted by atomic mass is 10.0. The normalized spacial score (nSPS) is 12.6. The Kier molecular flexibility index (Phi) is 68.4. The molecule has 0 heterocycles. The number of carbonyl (C=O) groups is 2. The van der Waals surface area contributed by atoms with E-state index in [0.29, 0.717) is 25.9 Å². The summed E-state index contributed by atoms with van der Waals surface area (Å²) in [5, 5.41) is 23.4. The van der Waals surface area contributed by atoms with Crippen molar-refractivity contribution in [1.29, 1.82) is 0 Å². The maximum Gasteiger partial charge on any atom is 0.305 e. The molecule has 0 saturated heterocycles. The van der Waals surface area contributed by atoms with Crippen LogP contribution in [0, 0.1) is 0 Å². The highest BCUT2D eigenvalue weighted by Gasteiger charge is 2.20. The van der Waals surface area contributed by atoms with Crippen LogP contribution in [0.1, 0.15) is 412 Å². The molecule has 3 N–H and O–H groups in total. The number of rotatable bonds is 69. The zero-order valence-electron chi connectivity index (χ0n) is 54.3. The summed E-state index contributed by atoms with van der Waals surface area (Å²) in [4.78, 5) is 24.6. The van der Waals surface area contributed by atoms with Crippen LogP contribution in [0.3, 0.4) is 0 Å². The van der Waals surface area contributed by atoms with E-state index in [2.05, 4.69) is 43.5 Å². The van der Waals surface area contributed by atoms with Crippen LogP contribution >= 0.6 is 0 Å². The lowest BCUT2D eigenvalue weighted by Crippen LogP contribution is -2.45. The molecule has 0 rings (SSSR count). The minimum Gasteiger partial charge on any atom is -0.466 e. The SMILES string of the molecule is CCCC/C=C\CCCCCCCC(=O)OCCCCCCCCCCCCCC/C=C\CCCCCCCCCCCCCCCC(=O)NC(CO)C(O)CCCCCCCCCCCCCCCCCCCCCCCCC. The van der Waals surface area contributed by atoms with Crippen LogP contribution in [0.2, 0.25) is 0 Å². The molecule has 0 radical (unpaired) electrons. The molecule has 2 atom stereocenters. The second kappa shape index (κ2) is 69.8. The monoisotopic (exact) mass is 1130 g/mol. The molecule has 0 aromatic rings. The molecule has 0 bridgehead atoms. The Morgan fingerprint density at radius 1 is 0.338 bits per heavy atom. The van der Waals surface area contributed by atoms with Crippen LogP contribution in [0.25, 0.3) is 0 Å². The quantitative estimate of drug-likeness (QED) is 0.0320. The second-order valence-electron chi connectivity index (χ2n) is 25.3. The largest absolute Gasteiger partial charge is 0.466 e. The molecule has 1 amide bonds. The first-order valence-electron chi connectivity index (χ1n) is 36.6. The van der Waals surface area contributed by atoms with E-state index in [9.17, 15) is 19.8 Å². The lowest BCUT2D eigenvalue weighted by Gasteiger charge is -2.22. The molecule has 0 saturated carbocycles. The molecule has 0 aromatic heterocycles. The number of carbonyl (C=O) groups excluding carboxylic acids is 2. The summed E-state index contributed by atoms with van der Waals surface area (Å²) in [6.45, 7) is 4.95. The van der Waals surface area contributed by atoms with Crippen LogP contribution < -0.4 is 5.32 Å². The van der Waals surface area contributed by atoms with E-state index in [0.717, 1.165) is 44.9 Å². The summed E-state index contributed by atoms with van der Waals surface area (Å²) in [5.41, 5.74) is 0. The van der Waals surface area contributed by atoms with Gasteiger partial charge in [-0.2, -0.15) is 0 Å². The van der Waals surface area contributed by atoms with Crippen molar-refractivity contribution in [3.8, 4) is 0 Å². The third kappa shape index (κ3) is 65.5. The molecule has 0 fully saturated rings. The van der Waals surface area contributed by atoms with Gasteiger partial charge >= 0.3 is 5.97 Å². The molecular weight excluding hydrogens is 983 g/mol. The van der Waals surface area contributed by atoms with Gasteiger partial charge in [0.15, 0.2) is 0 Å². The number of aliphatic hydroxyl groups excluding tert-OH is 2. The number of ether oxygens (including phenoxy) is 1. The van der Waals surface area contributed by atoms with E-state index in [-0.39, 0.29) is 18.5 Å². The number of esters is 1. The van der Waals surface area contributed by atoms with Gasteiger partial charge in [0.05, 0.1) is 25.4 Å². The first kappa shape index (κ1) is 78.3. The summed E-state index contributed by atoms with van der Waals surface area (Å²) in [5.74, 6) is -0.0231. The molecule has 6 heteroatoms. The smallest absolute Gasteiger partial charge is 0.305 e. The first-order valence-corrected chi connectivity index (χ1v) is 36.6. The summed E-state index contributed by atoms with van der Waals surface area (Å²) in [6.07, 6.45) is 88.1. The Morgan fingerprint density at radius 2 is 0.600 bits per heavy atom. The Morgan fingerprint density at radius 3 is 0.925 bits per heavy atom. The van der Waals surface area contributed by atoms with Crippen molar-refractivity contribution in [2.75, 3.05) is 13.2 Å². The van der Waals surface area contributed by atoms with Crippen LogP contribution in [-0.2, 0) is 14.3 Å². The van der Waals surface area contributed by atoms with Gasteiger partial charge in [-0.3, -0.25) is 9.59 Å². The van der Waals surface area contributed by atoms with Gasteiger partial charge < -0.3 is 20.3 Å². The van der Waals surface area contributed by atoms with E-state index in [1.807, 2.05) is 0 Å². The number of aliphatic hydroxyl groups is 2. The molecule has 0 aliphatic rings. The minimum atomic E-state index is -0.665. The van der Waals surface area contributed by atoms with Gasteiger partial charge in [0.1, 0.15) is 0 Å². The number of amides is 1. The van der Waals surface area contributed by atoms with E-state index in [1.165, 1.54) is 334 Å². The molecule has 6 nitrogen and oxygen atoms in total. The fraction of sp³-hybridized carbons (Fsp3) is 0.919. The van der Waals surface area contributed by atoms with Gasteiger partial charge in [-0.15, -0.1) is 0 Å². The summed E-state index contributed by atoms with van der Waals surface area (Å²) in [7, 11) is 0. The molecular formula is C74H143NO5. The zero-order chi connectivity index (χ0) is 57.8. The van der Waals surface area contributed by atoms with E-state index >= 15 is 0 Å². The average molecular weight is 1130 g/mol. The maximum atomic E-state index is 12.6. The standard InChI is InChI=1S/C74H143NO5/c1-3-5-7-9-11-13-15-16-17-18-19-20-28-31-34-37-40-43-47-50-54-58-62-66-72(77)71(70-76)75-73(78)67-63-59-55-51-48-44-41-38-35-32-29-26-24-22-21-23-25-27-30-33-36-39-42-45-49-53-57-61-65-69-80-74(79)68-64-60-56-52-46-14-12-10-8-6-4-2/h10,12,21,23,71-72,76-77H,3-9,11,13-20,22,24-70H2,1-2H3,(H,75,78)/b12-10-,23-21-. The number of unbranched alkanes of at least 4 members (excludes halogenated alkanes) is 54. The Balaban J connectivity index is 3.38. The summed E-state index contributed by atoms with van der Waals surface area (Å²) in [6, 6.07) is -0.542. The Bertz CT molecular complexity index is 1250. The zero-order valence-corrected chi connectivity index (χ0v) is 54.3. The Hall–Kier alpha value is -1.66. The van der Waals surface area contributed by atoms with Crippen LogP contribution in [0.4, 0.5) is 0 Å². The second-order valence-corrected chi connectivity index (χ2v) is 25.3.